The molecule has 5 nitrogen and oxygen atoms in total. The number of carbonyl (C=O) groups is 1. The molecule has 0 radical (unpaired) electrons. The van der Waals surface area contributed by atoms with Gasteiger partial charge in [-0.15, -0.1) is 0 Å². The number of hydrogen-bond donors (Lipinski definition) is 3. The fourth-order valence-electron chi connectivity index (χ4n) is 1.67. The molecular formula is C15H23N3O2. The van der Waals surface area contributed by atoms with Crippen LogP contribution in [0.1, 0.15) is 50.5 Å². The minimum Gasteiger partial charge on any atom is -0.409 e. The molecule has 4 N–H and O–H groups in total. The van der Waals surface area contributed by atoms with Crippen molar-refractivity contribution in [1.82, 2.24) is 5.32 Å². The number of amidine groups is 1. The summed E-state index contributed by atoms with van der Waals surface area (Å²) < 4.78 is 0. The van der Waals surface area contributed by atoms with Crippen molar-refractivity contribution in [2.24, 2.45) is 10.9 Å². The first kappa shape index (κ1) is 16.0. The Labute approximate surface area is 119 Å². The maximum atomic E-state index is 12.1. The maximum absolute atomic E-state index is 12.1. The first-order valence-electron chi connectivity index (χ1n) is 6.49. The molecule has 0 heterocycles. The van der Waals surface area contributed by atoms with Crippen LogP contribution in [0.25, 0.3) is 0 Å². The first-order valence-corrected chi connectivity index (χ1v) is 6.49. The minimum atomic E-state index is -0.908. The molecule has 0 aliphatic heterocycles. The van der Waals surface area contributed by atoms with Crippen LogP contribution in [-0.4, -0.2) is 22.5 Å². The number of rotatable bonds is 3. The molecule has 0 atom stereocenters. The van der Waals surface area contributed by atoms with Gasteiger partial charge in [0.25, 0.3) is 5.91 Å². The van der Waals surface area contributed by atoms with Gasteiger partial charge in [0.1, 0.15) is 0 Å². The lowest BCUT2D eigenvalue weighted by Gasteiger charge is -2.25. The fourth-order valence-corrected chi connectivity index (χ4v) is 1.67. The molecule has 20 heavy (non-hydrogen) atoms. The highest BCUT2D eigenvalue weighted by molar-refractivity contribution is 5.99. The van der Waals surface area contributed by atoms with E-state index >= 15 is 0 Å². The third kappa shape index (κ3) is 3.73. The number of amides is 1. The number of hydrogen-bond acceptors (Lipinski definition) is 3. The van der Waals surface area contributed by atoms with Crippen LogP contribution in [0.4, 0.5) is 0 Å². The number of oxime groups is 1. The van der Waals surface area contributed by atoms with E-state index in [0.29, 0.717) is 5.56 Å². The summed E-state index contributed by atoms with van der Waals surface area (Å²) in [4.78, 5) is 12.1. The van der Waals surface area contributed by atoms with Crippen molar-refractivity contribution in [3.05, 3.63) is 35.4 Å². The third-order valence-electron chi connectivity index (χ3n) is 3.19. The van der Waals surface area contributed by atoms with Gasteiger partial charge in [-0.25, -0.2) is 0 Å². The van der Waals surface area contributed by atoms with Crippen molar-refractivity contribution in [2.45, 2.75) is 45.6 Å². The number of benzene rings is 1. The van der Waals surface area contributed by atoms with Gasteiger partial charge in [-0.3, -0.25) is 4.79 Å². The second-order valence-electron chi connectivity index (χ2n) is 6.39. The Bertz CT molecular complexity index is 511. The van der Waals surface area contributed by atoms with E-state index in [1.165, 1.54) is 0 Å². The van der Waals surface area contributed by atoms with Crippen molar-refractivity contribution in [3.8, 4) is 0 Å². The molecule has 0 spiro atoms. The van der Waals surface area contributed by atoms with Gasteiger partial charge < -0.3 is 16.3 Å². The number of nitrogens with one attached hydrogen (secondary N) is 1. The number of nitrogens with zero attached hydrogens (tertiary/aromatic N) is 1. The molecular weight excluding hydrogens is 254 g/mol. The second kappa shape index (κ2) is 5.53. The Balaban J connectivity index is 2.89. The smallest absolute Gasteiger partial charge is 0.252 e. The molecule has 0 saturated carbocycles. The van der Waals surface area contributed by atoms with E-state index in [9.17, 15) is 4.79 Å². The van der Waals surface area contributed by atoms with Gasteiger partial charge in [0, 0.05) is 5.56 Å². The van der Waals surface area contributed by atoms with Crippen molar-refractivity contribution >= 4 is 11.7 Å². The van der Waals surface area contributed by atoms with Crippen LogP contribution in [0, 0.1) is 0 Å². The van der Waals surface area contributed by atoms with Gasteiger partial charge in [-0.1, -0.05) is 38.1 Å². The average Bonchev–Trinajstić information content (AvgIpc) is 2.36. The predicted octanol–water partition coefficient (Wildman–Crippen LogP) is 2.24. The summed E-state index contributed by atoms with van der Waals surface area (Å²) in [7, 11) is 0. The van der Waals surface area contributed by atoms with Crippen molar-refractivity contribution in [2.75, 3.05) is 0 Å². The summed E-state index contributed by atoms with van der Waals surface area (Å²) in [5.41, 5.74) is 6.38. The van der Waals surface area contributed by atoms with Crippen LogP contribution >= 0.6 is 0 Å². The summed E-state index contributed by atoms with van der Waals surface area (Å²) >= 11 is 0. The lowest BCUT2D eigenvalue weighted by molar-refractivity contribution is 0.0931. The largest absolute Gasteiger partial charge is 0.409 e. The van der Waals surface area contributed by atoms with E-state index in [1.807, 2.05) is 12.1 Å². The number of nitrogens with two attached hydrogens (primary N) is 1. The van der Waals surface area contributed by atoms with E-state index in [1.54, 1.807) is 26.0 Å². The molecule has 0 bridgehead atoms. The lowest BCUT2D eigenvalue weighted by atomic mass is 9.86. The molecule has 1 aromatic rings. The molecule has 1 aromatic carbocycles. The predicted molar refractivity (Wildman–Crippen MR) is 80.1 cm³/mol. The summed E-state index contributed by atoms with van der Waals surface area (Å²) in [6.45, 7) is 9.68. The number of carbonyl (C=O) groups excluding carboxylic acids is 1. The molecule has 0 fully saturated rings. The molecule has 110 valence electrons. The highest BCUT2D eigenvalue weighted by Crippen LogP contribution is 2.22. The van der Waals surface area contributed by atoms with Crippen LogP contribution in [0.15, 0.2) is 29.4 Å². The minimum absolute atomic E-state index is 0.0439. The zero-order valence-electron chi connectivity index (χ0n) is 12.7. The van der Waals surface area contributed by atoms with E-state index in [4.69, 9.17) is 10.9 Å². The molecule has 0 aliphatic carbocycles. The van der Waals surface area contributed by atoms with Crippen LogP contribution < -0.4 is 11.1 Å². The highest BCUT2D eigenvalue weighted by Gasteiger charge is 2.26. The fraction of sp³-hybridized carbons (Fsp3) is 0.467. The second-order valence-corrected chi connectivity index (χ2v) is 6.39. The molecule has 1 rings (SSSR count). The monoisotopic (exact) mass is 277 g/mol. The Kier molecular flexibility index (Phi) is 4.43. The van der Waals surface area contributed by atoms with Gasteiger partial charge >= 0.3 is 0 Å². The Morgan fingerprint density at radius 2 is 1.65 bits per heavy atom. The zero-order valence-corrected chi connectivity index (χ0v) is 12.7. The van der Waals surface area contributed by atoms with E-state index in [2.05, 4.69) is 31.2 Å². The normalized spacial score (nSPS) is 13.2. The van der Waals surface area contributed by atoms with E-state index < -0.39 is 5.54 Å². The topological polar surface area (TPSA) is 87.7 Å². The zero-order chi connectivity index (χ0) is 15.6. The molecule has 0 saturated heterocycles. The summed E-state index contributed by atoms with van der Waals surface area (Å²) in [6, 6.07) is 7.42. The van der Waals surface area contributed by atoms with Gasteiger partial charge in [0.05, 0.1) is 5.54 Å². The van der Waals surface area contributed by atoms with Crippen molar-refractivity contribution < 1.29 is 10.0 Å². The van der Waals surface area contributed by atoms with E-state index in [0.717, 1.165) is 5.56 Å². The Hall–Kier alpha value is -2.04. The molecule has 0 aromatic heterocycles. The van der Waals surface area contributed by atoms with Gasteiger partial charge in [-0.2, -0.15) is 0 Å². The summed E-state index contributed by atoms with van der Waals surface area (Å²) in [6.07, 6.45) is 0. The Morgan fingerprint density at radius 3 is 2.05 bits per heavy atom. The Morgan fingerprint density at radius 1 is 1.15 bits per heavy atom. The van der Waals surface area contributed by atoms with Crippen LogP contribution in [0.3, 0.4) is 0 Å². The van der Waals surface area contributed by atoms with E-state index in [-0.39, 0.29) is 17.2 Å². The lowest BCUT2D eigenvalue weighted by Crippen LogP contribution is -2.53. The molecule has 0 unspecified atom stereocenters. The van der Waals surface area contributed by atoms with Crippen LogP contribution in [0.2, 0.25) is 0 Å². The quantitative estimate of drug-likeness (QED) is 0.343. The van der Waals surface area contributed by atoms with Gasteiger partial charge in [0.2, 0.25) is 0 Å². The maximum Gasteiger partial charge on any atom is 0.252 e. The third-order valence-corrected chi connectivity index (χ3v) is 3.19. The average molecular weight is 277 g/mol. The first-order chi connectivity index (χ1) is 9.08. The van der Waals surface area contributed by atoms with Crippen molar-refractivity contribution in [3.63, 3.8) is 0 Å². The molecule has 0 aliphatic rings. The highest BCUT2D eigenvalue weighted by atomic mass is 16.4. The van der Waals surface area contributed by atoms with Crippen molar-refractivity contribution in [1.29, 1.82) is 0 Å². The SMILES string of the molecule is CC(C)(NC(=O)c1ccc(C(C)(C)C)cc1)/C(N)=N/O. The van der Waals surface area contributed by atoms with Gasteiger partial charge in [0.15, 0.2) is 5.84 Å². The molecule has 5 heteroatoms. The standard InChI is InChI=1S/C15H23N3O2/c1-14(2,3)11-8-6-10(7-9-11)12(19)17-15(4,5)13(16)18-20/h6-9,20H,1-5H3,(H2,16,18)(H,17,19). The van der Waals surface area contributed by atoms with Crippen LogP contribution in [-0.2, 0) is 5.41 Å². The van der Waals surface area contributed by atoms with Gasteiger partial charge in [-0.05, 0) is 37.0 Å². The summed E-state index contributed by atoms with van der Waals surface area (Å²) in [5, 5.41) is 14.4. The van der Waals surface area contributed by atoms with Crippen LogP contribution in [0.5, 0.6) is 0 Å². The summed E-state index contributed by atoms with van der Waals surface area (Å²) in [5.74, 6) is -0.306. The molecule has 1 amide bonds.